The fourth-order valence-electron chi connectivity index (χ4n) is 5.55. The molecule has 0 radical (unpaired) electrons. The van der Waals surface area contributed by atoms with Gasteiger partial charge in [-0.05, 0) is 56.2 Å². The van der Waals surface area contributed by atoms with Gasteiger partial charge in [0.25, 0.3) is 0 Å². The van der Waals surface area contributed by atoms with Crippen LogP contribution in [0.2, 0.25) is 5.02 Å². The van der Waals surface area contributed by atoms with E-state index >= 15 is 0 Å². The van der Waals surface area contributed by atoms with Crippen LogP contribution in [0.4, 0.5) is 5.82 Å². The minimum Gasteiger partial charge on any atom is -0.355 e. The lowest BCUT2D eigenvalue weighted by Crippen LogP contribution is -2.44. The molecule has 4 aromatic rings. The monoisotopic (exact) mass is 459 g/mol. The zero-order chi connectivity index (χ0) is 22.7. The standard InChI is InChI=1S/C25H26ClN7/c1-15-3-4-17-19(31-15)13-25(22(17)27)6-10-32(11-7-25)24-20-14-30-23(33(20)12-9-29-24)18-5-8-28-16(2)21(18)26/h3-5,8-9,12,14,22H,6-7,10-11,13,27H2,1-2H3. The van der Waals surface area contributed by atoms with Crippen molar-refractivity contribution in [3.8, 4) is 11.4 Å². The number of hydrogen-bond donors (Lipinski definition) is 1. The molecule has 1 atom stereocenters. The molecule has 8 heteroatoms. The van der Waals surface area contributed by atoms with E-state index in [9.17, 15) is 0 Å². The topological polar surface area (TPSA) is 85.2 Å². The molecule has 1 fully saturated rings. The van der Waals surface area contributed by atoms with E-state index < -0.39 is 0 Å². The number of imidazole rings is 1. The molecule has 33 heavy (non-hydrogen) atoms. The Morgan fingerprint density at radius 2 is 1.88 bits per heavy atom. The third-order valence-electron chi connectivity index (χ3n) is 7.46. The zero-order valence-corrected chi connectivity index (χ0v) is 19.5. The quantitative estimate of drug-likeness (QED) is 0.481. The molecule has 4 aromatic heterocycles. The first-order valence-electron chi connectivity index (χ1n) is 11.4. The van der Waals surface area contributed by atoms with Crippen molar-refractivity contribution in [3.05, 3.63) is 70.7 Å². The van der Waals surface area contributed by atoms with Gasteiger partial charge in [-0.2, -0.15) is 0 Å². The second-order valence-electron chi connectivity index (χ2n) is 9.34. The van der Waals surface area contributed by atoms with Gasteiger partial charge in [0.1, 0.15) is 11.3 Å². The molecule has 2 aliphatic rings. The number of halogens is 1. The summed E-state index contributed by atoms with van der Waals surface area (Å²) in [6.07, 6.45) is 10.4. The average molecular weight is 460 g/mol. The van der Waals surface area contributed by atoms with Crippen LogP contribution in [0.25, 0.3) is 16.9 Å². The molecule has 1 unspecified atom stereocenters. The average Bonchev–Trinajstić information content (AvgIpc) is 3.35. The molecule has 0 bridgehead atoms. The van der Waals surface area contributed by atoms with Gasteiger partial charge in [-0.3, -0.25) is 14.4 Å². The molecular weight excluding hydrogens is 434 g/mol. The van der Waals surface area contributed by atoms with E-state index in [4.69, 9.17) is 32.3 Å². The lowest BCUT2D eigenvalue weighted by Gasteiger charge is -2.42. The molecule has 168 valence electrons. The molecule has 1 aliphatic heterocycles. The number of piperidine rings is 1. The van der Waals surface area contributed by atoms with Crippen LogP contribution in [0.3, 0.4) is 0 Å². The van der Waals surface area contributed by atoms with Crippen LogP contribution in [0.15, 0.2) is 43.0 Å². The minimum atomic E-state index is 0.0464. The molecule has 2 N–H and O–H groups in total. The van der Waals surface area contributed by atoms with Crippen LogP contribution in [0, 0.1) is 19.3 Å². The van der Waals surface area contributed by atoms with E-state index in [2.05, 4.69) is 26.4 Å². The van der Waals surface area contributed by atoms with Gasteiger partial charge in [0, 0.05) is 54.7 Å². The molecule has 0 aromatic carbocycles. The number of anilines is 1. The SMILES string of the molecule is Cc1ccc2c(n1)CC1(CCN(c3nccn4c(-c5ccnc(C)c5Cl)ncc34)CC1)C2N. The van der Waals surface area contributed by atoms with Crippen LogP contribution in [0.1, 0.15) is 41.5 Å². The van der Waals surface area contributed by atoms with Crippen molar-refractivity contribution in [1.82, 2.24) is 24.3 Å². The summed E-state index contributed by atoms with van der Waals surface area (Å²) >= 11 is 6.55. The summed E-state index contributed by atoms with van der Waals surface area (Å²) in [6, 6.07) is 6.20. The Hall–Kier alpha value is -3.03. The van der Waals surface area contributed by atoms with Gasteiger partial charge < -0.3 is 10.6 Å². The van der Waals surface area contributed by atoms with Crippen LogP contribution in [-0.4, -0.2) is 37.4 Å². The Labute approximate surface area is 197 Å². The summed E-state index contributed by atoms with van der Waals surface area (Å²) < 4.78 is 2.07. The summed E-state index contributed by atoms with van der Waals surface area (Å²) in [7, 11) is 0. The fraction of sp³-hybridized carbons (Fsp3) is 0.360. The highest BCUT2D eigenvalue weighted by Crippen LogP contribution is 2.50. The van der Waals surface area contributed by atoms with Crippen LogP contribution in [0.5, 0.6) is 0 Å². The zero-order valence-electron chi connectivity index (χ0n) is 18.8. The first-order valence-corrected chi connectivity index (χ1v) is 11.8. The number of aryl methyl sites for hydroxylation is 2. The largest absolute Gasteiger partial charge is 0.355 e. The molecule has 1 aliphatic carbocycles. The molecule has 1 spiro atoms. The molecule has 7 nitrogen and oxygen atoms in total. The third-order valence-corrected chi connectivity index (χ3v) is 7.94. The Bertz CT molecular complexity index is 1370. The fourth-order valence-corrected chi connectivity index (χ4v) is 5.75. The van der Waals surface area contributed by atoms with Gasteiger partial charge >= 0.3 is 0 Å². The predicted octanol–water partition coefficient (Wildman–Crippen LogP) is 4.30. The highest BCUT2D eigenvalue weighted by Gasteiger charge is 2.47. The third kappa shape index (κ3) is 3.14. The van der Waals surface area contributed by atoms with Crippen molar-refractivity contribution in [2.24, 2.45) is 11.1 Å². The number of nitrogens with two attached hydrogens (primary N) is 1. The van der Waals surface area contributed by atoms with Crippen LogP contribution in [-0.2, 0) is 6.42 Å². The van der Waals surface area contributed by atoms with Gasteiger partial charge in [0.2, 0.25) is 0 Å². The molecular formula is C25H26ClN7. The second kappa shape index (κ2) is 7.50. The van der Waals surface area contributed by atoms with E-state index in [0.29, 0.717) is 5.02 Å². The minimum absolute atomic E-state index is 0.0464. The summed E-state index contributed by atoms with van der Waals surface area (Å²) in [4.78, 5) is 20.9. The van der Waals surface area contributed by atoms with Gasteiger partial charge in [-0.1, -0.05) is 17.7 Å². The maximum absolute atomic E-state index is 6.77. The summed E-state index contributed by atoms with van der Waals surface area (Å²) in [5, 5.41) is 0.627. The number of aromatic nitrogens is 5. The van der Waals surface area contributed by atoms with Crippen molar-refractivity contribution >= 4 is 22.9 Å². The van der Waals surface area contributed by atoms with Crippen molar-refractivity contribution in [2.45, 2.75) is 39.2 Å². The number of nitrogens with zero attached hydrogens (tertiary/aromatic N) is 6. The lowest BCUT2D eigenvalue weighted by atomic mass is 9.73. The van der Waals surface area contributed by atoms with Crippen molar-refractivity contribution < 1.29 is 0 Å². The maximum Gasteiger partial charge on any atom is 0.154 e. The van der Waals surface area contributed by atoms with E-state index in [1.54, 1.807) is 6.20 Å². The highest BCUT2D eigenvalue weighted by molar-refractivity contribution is 6.33. The normalized spacial score (nSPS) is 19.4. The van der Waals surface area contributed by atoms with E-state index in [1.807, 2.05) is 38.5 Å². The Kier molecular flexibility index (Phi) is 4.67. The van der Waals surface area contributed by atoms with Crippen molar-refractivity contribution in [3.63, 3.8) is 0 Å². The number of pyridine rings is 2. The number of fused-ring (bicyclic) bond motifs is 2. The maximum atomic E-state index is 6.77. The van der Waals surface area contributed by atoms with Crippen LogP contribution >= 0.6 is 11.6 Å². The first kappa shape index (κ1) is 20.6. The Morgan fingerprint density at radius 3 is 2.70 bits per heavy atom. The lowest BCUT2D eigenvalue weighted by molar-refractivity contribution is 0.187. The van der Waals surface area contributed by atoms with Gasteiger partial charge in [-0.15, -0.1) is 0 Å². The first-order chi connectivity index (χ1) is 16.0. The molecule has 0 saturated carbocycles. The summed E-state index contributed by atoms with van der Waals surface area (Å²) in [5.41, 5.74) is 13.0. The number of hydrogen-bond acceptors (Lipinski definition) is 6. The van der Waals surface area contributed by atoms with E-state index in [0.717, 1.165) is 66.5 Å². The smallest absolute Gasteiger partial charge is 0.154 e. The Morgan fingerprint density at radius 1 is 1.06 bits per heavy atom. The highest BCUT2D eigenvalue weighted by atomic mass is 35.5. The molecule has 6 rings (SSSR count). The Balaban J connectivity index is 1.30. The summed E-state index contributed by atoms with van der Waals surface area (Å²) in [5.74, 6) is 1.75. The van der Waals surface area contributed by atoms with Gasteiger partial charge in [0.15, 0.2) is 5.82 Å². The van der Waals surface area contributed by atoms with E-state index in [1.165, 1.54) is 11.3 Å². The van der Waals surface area contributed by atoms with E-state index in [-0.39, 0.29) is 11.5 Å². The molecule has 5 heterocycles. The predicted molar refractivity (Wildman–Crippen MR) is 129 cm³/mol. The molecule has 1 saturated heterocycles. The molecule has 0 amide bonds. The number of rotatable bonds is 2. The van der Waals surface area contributed by atoms with Gasteiger partial charge in [-0.25, -0.2) is 9.97 Å². The van der Waals surface area contributed by atoms with Crippen LogP contribution < -0.4 is 10.6 Å². The summed E-state index contributed by atoms with van der Waals surface area (Å²) in [6.45, 7) is 5.76. The van der Waals surface area contributed by atoms with Crippen molar-refractivity contribution in [2.75, 3.05) is 18.0 Å². The second-order valence-corrected chi connectivity index (χ2v) is 9.72. The van der Waals surface area contributed by atoms with Gasteiger partial charge in [0.05, 0.1) is 16.9 Å². The van der Waals surface area contributed by atoms with Crippen molar-refractivity contribution in [1.29, 1.82) is 0 Å².